The number of hydrogen-bond acceptors (Lipinski definition) is 10. The lowest BCUT2D eigenvalue weighted by atomic mass is 9.59. The molecule has 0 saturated heterocycles. The average molecular weight is 612 g/mol. The van der Waals surface area contributed by atoms with Crippen LogP contribution in [0, 0.1) is 11.8 Å². The molecule has 6 rings (SSSR count). The summed E-state index contributed by atoms with van der Waals surface area (Å²) in [5, 5.41) is 44.3. The number of rotatable bonds is 6. The van der Waals surface area contributed by atoms with Crippen molar-refractivity contribution in [3.8, 4) is 28.4 Å². The zero-order valence-electron chi connectivity index (χ0n) is 24.1. The second-order valence-electron chi connectivity index (χ2n) is 11.4. The second kappa shape index (κ2) is 10.9. The summed E-state index contributed by atoms with van der Waals surface area (Å²) in [6.45, 7) is 0. The first-order valence-electron chi connectivity index (χ1n) is 14.2. The van der Waals surface area contributed by atoms with Gasteiger partial charge in [-0.15, -0.1) is 0 Å². The monoisotopic (exact) mass is 611 g/mol. The third-order valence-electron chi connectivity index (χ3n) is 8.85. The molecule has 3 aromatic rings. The van der Waals surface area contributed by atoms with E-state index in [1.165, 1.54) is 6.07 Å². The number of carbonyl (C=O) groups is 4. The van der Waals surface area contributed by atoms with Crippen LogP contribution in [0.4, 0.5) is 0 Å². The fraction of sp³-hybridized carbons (Fsp3) is 0.235. The number of fused-ring (bicyclic) bond motifs is 3. The summed E-state index contributed by atoms with van der Waals surface area (Å²) >= 11 is 0. The highest BCUT2D eigenvalue weighted by Crippen LogP contribution is 2.53. The number of aromatic hydroxyl groups is 1. The normalized spacial score (nSPS) is 22.4. The Morgan fingerprint density at radius 3 is 2.24 bits per heavy atom. The SMILES string of the molecule is COc1ccc(OC(=O)Cc2ccc(-c3ccc(O)c4c3CC3CC5CC(=O)C(C(N)=O)=C(O)C5(O)C(=O)C3=C4O)cc2)cc1. The molecular formula is C34H29NO10. The molecule has 6 N–H and O–H groups in total. The van der Waals surface area contributed by atoms with Gasteiger partial charge in [0.1, 0.15) is 34.3 Å². The summed E-state index contributed by atoms with van der Waals surface area (Å²) in [5.41, 5.74) is 4.20. The molecule has 0 aromatic heterocycles. The van der Waals surface area contributed by atoms with Crippen LogP contribution >= 0.6 is 0 Å². The van der Waals surface area contributed by atoms with Crippen LogP contribution in [0.1, 0.15) is 29.5 Å². The van der Waals surface area contributed by atoms with Gasteiger partial charge in [0.05, 0.1) is 19.1 Å². The van der Waals surface area contributed by atoms with E-state index in [0.717, 1.165) is 0 Å². The van der Waals surface area contributed by atoms with Gasteiger partial charge in [0.15, 0.2) is 11.4 Å². The predicted octanol–water partition coefficient (Wildman–Crippen LogP) is 3.25. The molecule has 45 heavy (non-hydrogen) atoms. The number of methoxy groups -OCH3 is 1. The molecule has 3 unspecified atom stereocenters. The number of esters is 1. The second-order valence-corrected chi connectivity index (χ2v) is 11.4. The number of carbonyl (C=O) groups excluding carboxylic acids is 4. The molecule has 0 heterocycles. The first-order valence-corrected chi connectivity index (χ1v) is 14.2. The highest BCUT2D eigenvalue weighted by atomic mass is 16.5. The van der Waals surface area contributed by atoms with Crippen LogP contribution in [-0.4, -0.2) is 56.6 Å². The summed E-state index contributed by atoms with van der Waals surface area (Å²) < 4.78 is 10.5. The van der Waals surface area contributed by atoms with E-state index in [-0.39, 0.29) is 36.1 Å². The molecule has 3 aromatic carbocycles. The van der Waals surface area contributed by atoms with Crippen molar-refractivity contribution in [3.63, 3.8) is 0 Å². The Labute approximate surface area is 256 Å². The molecule has 3 aliphatic rings. The fourth-order valence-electron chi connectivity index (χ4n) is 6.67. The van der Waals surface area contributed by atoms with Crippen LogP contribution in [0.5, 0.6) is 17.2 Å². The van der Waals surface area contributed by atoms with Gasteiger partial charge in [-0.2, -0.15) is 0 Å². The molecule has 1 fully saturated rings. The molecule has 230 valence electrons. The molecule has 11 nitrogen and oxygen atoms in total. The van der Waals surface area contributed by atoms with Gasteiger partial charge in [-0.25, -0.2) is 0 Å². The van der Waals surface area contributed by atoms with Gasteiger partial charge in [-0.1, -0.05) is 30.3 Å². The van der Waals surface area contributed by atoms with E-state index in [4.69, 9.17) is 15.2 Å². The summed E-state index contributed by atoms with van der Waals surface area (Å²) in [6.07, 6.45) is -0.169. The number of aliphatic hydroxyl groups excluding tert-OH is 2. The van der Waals surface area contributed by atoms with E-state index in [9.17, 15) is 39.6 Å². The van der Waals surface area contributed by atoms with E-state index in [0.29, 0.717) is 33.8 Å². The van der Waals surface area contributed by atoms with Crippen molar-refractivity contribution in [2.24, 2.45) is 17.6 Å². The zero-order chi connectivity index (χ0) is 32.2. The number of ether oxygens (including phenoxy) is 2. The maximum atomic E-state index is 13.7. The van der Waals surface area contributed by atoms with Crippen molar-refractivity contribution in [1.29, 1.82) is 0 Å². The van der Waals surface area contributed by atoms with Crippen LogP contribution in [0.25, 0.3) is 16.9 Å². The Morgan fingerprint density at radius 2 is 1.60 bits per heavy atom. The maximum Gasteiger partial charge on any atom is 0.315 e. The van der Waals surface area contributed by atoms with Gasteiger partial charge < -0.3 is 35.6 Å². The average Bonchev–Trinajstić information content (AvgIpc) is 3.00. The third-order valence-corrected chi connectivity index (χ3v) is 8.85. The van der Waals surface area contributed by atoms with E-state index >= 15 is 0 Å². The minimum Gasteiger partial charge on any atom is -0.508 e. The lowest BCUT2D eigenvalue weighted by Crippen LogP contribution is -2.58. The number of primary amides is 1. The number of phenols is 1. The summed E-state index contributed by atoms with van der Waals surface area (Å²) in [7, 11) is 1.54. The first-order chi connectivity index (χ1) is 21.4. The van der Waals surface area contributed by atoms with Crippen molar-refractivity contribution < 1.29 is 49.1 Å². The molecule has 11 heteroatoms. The topological polar surface area (TPSA) is 194 Å². The van der Waals surface area contributed by atoms with Gasteiger partial charge >= 0.3 is 5.97 Å². The maximum absolute atomic E-state index is 13.7. The molecule has 1 amide bonds. The molecule has 0 bridgehead atoms. The Bertz CT molecular complexity index is 1840. The number of amides is 1. The number of benzene rings is 3. The van der Waals surface area contributed by atoms with Crippen molar-refractivity contribution >= 4 is 29.2 Å². The van der Waals surface area contributed by atoms with Gasteiger partial charge in [-0.3, -0.25) is 19.2 Å². The van der Waals surface area contributed by atoms with Crippen molar-refractivity contribution in [1.82, 2.24) is 0 Å². The van der Waals surface area contributed by atoms with Gasteiger partial charge in [0, 0.05) is 17.9 Å². The number of aliphatic hydroxyl groups is 3. The molecule has 1 saturated carbocycles. The number of Topliss-reactive ketones (excluding diaryl/α,β-unsaturated/α-hetero) is 2. The first kappa shape index (κ1) is 29.6. The summed E-state index contributed by atoms with van der Waals surface area (Å²) in [4.78, 5) is 50.6. The molecule has 3 aliphatic carbocycles. The quantitative estimate of drug-likeness (QED) is 0.157. The fourth-order valence-corrected chi connectivity index (χ4v) is 6.67. The standard InChI is InChI=1S/C34H29NO10/c1-44-20-6-8-21(9-7-20)45-26(38)12-16-2-4-17(5-3-16)22-10-11-24(36)28-23(22)14-18-13-19-15-25(37)29(33(35)42)32(41)34(19,43)31(40)27(18)30(28)39/h2-11,18-19,36,39,41,43H,12-15H2,1H3,(H2,35,42). The van der Waals surface area contributed by atoms with Crippen LogP contribution < -0.4 is 15.2 Å². The summed E-state index contributed by atoms with van der Waals surface area (Å²) in [6, 6.07) is 16.8. The van der Waals surface area contributed by atoms with Crippen LogP contribution in [0.2, 0.25) is 0 Å². The molecule has 0 aliphatic heterocycles. The Morgan fingerprint density at radius 1 is 0.933 bits per heavy atom. The van der Waals surface area contributed by atoms with E-state index in [1.54, 1.807) is 61.7 Å². The third kappa shape index (κ3) is 4.81. The minimum absolute atomic E-state index is 0.00627. The van der Waals surface area contributed by atoms with Crippen LogP contribution in [0.3, 0.4) is 0 Å². The zero-order valence-corrected chi connectivity index (χ0v) is 24.1. The predicted molar refractivity (Wildman–Crippen MR) is 159 cm³/mol. The van der Waals surface area contributed by atoms with Gasteiger partial charge in [0.2, 0.25) is 5.78 Å². The van der Waals surface area contributed by atoms with Crippen molar-refractivity contribution in [2.75, 3.05) is 7.11 Å². The van der Waals surface area contributed by atoms with Gasteiger partial charge in [-0.05, 0) is 71.3 Å². The van der Waals surface area contributed by atoms with E-state index < -0.39 is 64.4 Å². The highest BCUT2D eigenvalue weighted by molar-refractivity contribution is 6.22. The number of hydrogen-bond donors (Lipinski definition) is 5. The molecule has 0 radical (unpaired) electrons. The van der Waals surface area contributed by atoms with Crippen LogP contribution in [-0.2, 0) is 32.0 Å². The lowest BCUT2D eigenvalue weighted by molar-refractivity contribution is -0.147. The number of phenolic OH excluding ortho intramolecular Hbond substituents is 1. The molecular weight excluding hydrogens is 582 g/mol. The van der Waals surface area contributed by atoms with E-state index in [1.807, 2.05) is 0 Å². The van der Waals surface area contributed by atoms with Crippen molar-refractivity contribution in [3.05, 3.63) is 94.3 Å². The smallest absolute Gasteiger partial charge is 0.315 e. The Balaban J connectivity index is 1.30. The number of ketones is 2. The Kier molecular flexibility index (Phi) is 7.20. The molecule has 0 spiro atoms. The highest BCUT2D eigenvalue weighted by Gasteiger charge is 2.60. The molecule has 3 atom stereocenters. The Hall–Kier alpha value is -5.42. The lowest BCUT2D eigenvalue weighted by Gasteiger charge is -2.46. The van der Waals surface area contributed by atoms with Crippen molar-refractivity contribution in [2.45, 2.75) is 31.3 Å². The summed E-state index contributed by atoms with van der Waals surface area (Å²) in [5.74, 6) is -6.20. The van der Waals surface area contributed by atoms with Crippen LogP contribution in [0.15, 0.2) is 77.6 Å². The van der Waals surface area contributed by atoms with Gasteiger partial charge in [0.25, 0.3) is 5.91 Å². The largest absolute Gasteiger partial charge is 0.508 e. The minimum atomic E-state index is -2.62. The number of nitrogens with two attached hydrogens (primary N) is 1. The van der Waals surface area contributed by atoms with E-state index in [2.05, 4.69) is 0 Å².